The topological polar surface area (TPSA) is 228 Å². The highest BCUT2D eigenvalue weighted by molar-refractivity contribution is 6.67. The summed E-state index contributed by atoms with van der Waals surface area (Å²) in [6.07, 6.45) is 2.04. The van der Waals surface area contributed by atoms with Crippen molar-refractivity contribution >= 4 is 82.3 Å². The zero-order valence-corrected chi connectivity index (χ0v) is 40.7. The number of carbonyl (C=O) groups excluding carboxylic acids is 8. The Morgan fingerprint density at radius 3 is 1.29 bits per heavy atom. The average molecular weight is 944 g/mol. The summed E-state index contributed by atoms with van der Waals surface area (Å²) in [4.78, 5) is 99.4. The number of nitrogens with one attached hydrogen (secondary N) is 4. The number of hydrogen-bond donors (Lipinski definition) is 4. The molecular formula is C41H69Cl3N6O12. The molecule has 4 amide bonds. The lowest BCUT2D eigenvalue weighted by atomic mass is 9.91. The highest BCUT2D eigenvalue weighted by atomic mass is 35.6. The lowest BCUT2D eigenvalue weighted by molar-refractivity contribution is -0.159. The van der Waals surface area contributed by atoms with Crippen molar-refractivity contribution in [1.82, 2.24) is 31.5 Å². The molecule has 2 fully saturated rings. The molecule has 0 aromatic heterocycles. The highest BCUT2D eigenvalue weighted by Gasteiger charge is 2.36. The number of hydrazine groups is 2. The first-order chi connectivity index (χ1) is 28.3. The monoisotopic (exact) mass is 942 g/mol. The van der Waals surface area contributed by atoms with Crippen molar-refractivity contribution in [3.8, 4) is 0 Å². The van der Waals surface area contributed by atoms with E-state index < -0.39 is 93.3 Å². The molecule has 356 valence electrons. The predicted octanol–water partition coefficient (Wildman–Crippen LogP) is 4.07. The minimum atomic E-state index is -1.73. The zero-order valence-electron chi connectivity index (χ0n) is 38.4. The van der Waals surface area contributed by atoms with Crippen molar-refractivity contribution in [2.45, 2.75) is 161 Å². The van der Waals surface area contributed by atoms with E-state index in [1.54, 1.807) is 48.5 Å². The van der Waals surface area contributed by atoms with E-state index >= 15 is 0 Å². The lowest BCUT2D eigenvalue weighted by Gasteiger charge is -2.34. The Kier molecular flexibility index (Phi) is 22.9. The second-order valence-corrected chi connectivity index (χ2v) is 20.6. The van der Waals surface area contributed by atoms with E-state index in [2.05, 4.69) is 21.5 Å². The van der Waals surface area contributed by atoms with Crippen LogP contribution in [0.25, 0.3) is 0 Å². The first-order valence-corrected chi connectivity index (χ1v) is 22.0. The third kappa shape index (κ3) is 21.3. The van der Waals surface area contributed by atoms with Gasteiger partial charge in [-0.1, -0.05) is 62.5 Å². The maximum Gasteiger partial charge on any atom is 0.325 e. The van der Waals surface area contributed by atoms with Crippen LogP contribution in [0, 0.1) is 23.7 Å². The average Bonchev–Trinajstić information content (AvgIpc) is 3.15. The molecule has 2 rings (SSSR count). The van der Waals surface area contributed by atoms with Crippen LogP contribution in [0.5, 0.6) is 0 Å². The Morgan fingerprint density at radius 2 is 0.984 bits per heavy atom. The van der Waals surface area contributed by atoms with Crippen LogP contribution in [0.3, 0.4) is 0 Å². The van der Waals surface area contributed by atoms with Gasteiger partial charge in [-0.15, -0.1) is 0 Å². The predicted molar refractivity (Wildman–Crippen MR) is 232 cm³/mol. The van der Waals surface area contributed by atoms with E-state index in [1.807, 2.05) is 27.7 Å². The van der Waals surface area contributed by atoms with E-state index in [-0.39, 0.29) is 36.5 Å². The minimum absolute atomic E-state index is 0.0614. The number of hydrogen-bond acceptors (Lipinski definition) is 14. The third-order valence-electron chi connectivity index (χ3n) is 9.41. The van der Waals surface area contributed by atoms with E-state index in [9.17, 15) is 38.4 Å². The van der Waals surface area contributed by atoms with Gasteiger partial charge in [0.05, 0.1) is 31.8 Å². The van der Waals surface area contributed by atoms with Crippen molar-refractivity contribution in [2.24, 2.45) is 23.7 Å². The number of ether oxygens (including phenoxy) is 4. The number of carbonyl (C=O) groups is 8. The maximum absolute atomic E-state index is 12.9. The quantitative estimate of drug-likeness (QED) is 0.103. The van der Waals surface area contributed by atoms with Gasteiger partial charge in [-0.3, -0.25) is 48.4 Å². The summed E-state index contributed by atoms with van der Waals surface area (Å²) in [5, 5.41) is 7.97. The third-order valence-corrected chi connectivity index (χ3v) is 9.73. The van der Waals surface area contributed by atoms with E-state index in [1.165, 1.54) is 24.1 Å². The van der Waals surface area contributed by atoms with Crippen molar-refractivity contribution in [3.63, 3.8) is 0 Å². The molecule has 0 unspecified atom stereocenters. The highest BCUT2D eigenvalue weighted by Crippen LogP contribution is 2.26. The van der Waals surface area contributed by atoms with Crippen LogP contribution in [0.4, 0.5) is 0 Å². The van der Waals surface area contributed by atoms with Crippen molar-refractivity contribution in [3.05, 3.63) is 0 Å². The molecule has 0 aromatic carbocycles. The molecule has 2 saturated heterocycles. The fourth-order valence-corrected chi connectivity index (χ4v) is 6.41. The Balaban J connectivity index is 0.000000625. The number of rotatable bonds is 15. The van der Waals surface area contributed by atoms with Crippen molar-refractivity contribution in [1.29, 1.82) is 0 Å². The standard InChI is InChI=1S/C21H34Cl3N3O6.C20H35N3O6/c1-12(2)14(10-16(28)33-20(4,5)6)17(29)25-13(3)18(30)27-9-7-8-15(26-27)19(31)32-11-21(22,23)24;1-12(2)14(11-16(24)29-20(4,5)6)17(25)21-13(3)18(26)23-10-8-9-15(22-23)19(27)28-7/h12-15,26H,7-11H2,1-6H3,(H,25,29);12-15,22H,8-11H2,1-7H3,(H,21,25)/t2*13-,14-,15-/m00/s1. The van der Waals surface area contributed by atoms with Crippen LogP contribution in [0.2, 0.25) is 0 Å². The first-order valence-electron chi connectivity index (χ1n) is 20.9. The molecule has 2 heterocycles. The largest absolute Gasteiger partial charge is 0.468 e. The molecule has 0 radical (unpaired) electrons. The summed E-state index contributed by atoms with van der Waals surface area (Å²) in [5.41, 5.74) is 4.37. The minimum Gasteiger partial charge on any atom is -0.468 e. The molecule has 0 aliphatic carbocycles. The molecular weight excluding hydrogens is 875 g/mol. The van der Waals surface area contributed by atoms with Gasteiger partial charge in [-0.05, 0) is 92.9 Å². The van der Waals surface area contributed by atoms with Gasteiger partial charge in [0.1, 0.15) is 42.0 Å². The van der Waals surface area contributed by atoms with Gasteiger partial charge in [0.25, 0.3) is 11.8 Å². The Hall–Kier alpha value is -3.45. The second kappa shape index (κ2) is 25.1. The van der Waals surface area contributed by atoms with Crippen LogP contribution in [-0.2, 0) is 57.3 Å². The summed E-state index contributed by atoms with van der Waals surface area (Å²) in [6, 6.07) is -3.07. The van der Waals surface area contributed by atoms with Gasteiger partial charge >= 0.3 is 23.9 Å². The SMILES string of the molecule is CC(C)[C@H](CC(=O)OC(C)(C)C)C(=O)N[C@@H](C)C(=O)N1CCC[C@@H](C(=O)OCC(Cl)(Cl)Cl)N1.COC(=O)[C@@H]1CCCN(C(=O)[C@H](C)NC(=O)[C@@H](CC(=O)OC(C)(C)C)C(C)C)N1. The molecule has 6 atom stereocenters. The summed E-state index contributed by atoms with van der Waals surface area (Å²) < 4.78 is 18.6. The Morgan fingerprint density at radius 1 is 0.629 bits per heavy atom. The zero-order chi connectivity index (χ0) is 47.9. The van der Waals surface area contributed by atoms with Gasteiger partial charge in [-0.2, -0.15) is 0 Å². The maximum atomic E-state index is 12.9. The van der Waals surface area contributed by atoms with Crippen molar-refractivity contribution < 1.29 is 57.3 Å². The lowest BCUT2D eigenvalue weighted by Crippen LogP contribution is -2.60. The fraction of sp³-hybridized carbons (Fsp3) is 0.805. The second-order valence-electron chi connectivity index (χ2n) is 18.1. The van der Waals surface area contributed by atoms with Gasteiger partial charge in [0.2, 0.25) is 15.6 Å². The number of esters is 4. The van der Waals surface area contributed by atoms with Crippen LogP contribution in [0.15, 0.2) is 0 Å². The van der Waals surface area contributed by atoms with Gasteiger partial charge in [-0.25, -0.2) is 10.9 Å². The number of alkyl halides is 3. The van der Waals surface area contributed by atoms with Gasteiger partial charge in [0, 0.05) is 13.1 Å². The molecule has 18 nitrogen and oxygen atoms in total. The van der Waals surface area contributed by atoms with Gasteiger partial charge < -0.3 is 29.6 Å². The molecule has 2 aliphatic heterocycles. The van der Waals surface area contributed by atoms with E-state index in [0.717, 1.165) is 0 Å². The van der Waals surface area contributed by atoms with E-state index in [4.69, 9.17) is 53.8 Å². The Labute approximate surface area is 381 Å². The van der Waals surface area contributed by atoms with Crippen LogP contribution < -0.4 is 21.5 Å². The number of amides is 4. The van der Waals surface area contributed by atoms with Gasteiger partial charge in [0.15, 0.2) is 0 Å². The van der Waals surface area contributed by atoms with Crippen LogP contribution >= 0.6 is 34.8 Å². The fourth-order valence-electron chi connectivity index (χ4n) is 6.25. The molecule has 0 spiro atoms. The van der Waals surface area contributed by atoms with Crippen molar-refractivity contribution in [2.75, 3.05) is 26.8 Å². The molecule has 62 heavy (non-hydrogen) atoms. The summed E-state index contributed by atoms with van der Waals surface area (Å²) >= 11 is 16.8. The molecule has 2 aliphatic rings. The molecule has 4 N–H and O–H groups in total. The molecule has 0 aromatic rings. The Bertz CT molecular complexity index is 1560. The first kappa shape index (κ1) is 56.6. The molecule has 0 saturated carbocycles. The normalized spacial score (nSPS) is 19.1. The molecule has 0 bridgehead atoms. The van der Waals surface area contributed by atoms with Crippen LogP contribution in [0.1, 0.15) is 122 Å². The molecule has 21 heteroatoms. The van der Waals surface area contributed by atoms with Crippen LogP contribution in [-0.4, -0.2) is 123 Å². The summed E-state index contributed by atoms with van der Waals surface area (Å²) in [6.45, 7) is 21.4. The number of nitrogens with zero attached hydrogens (tertiary/aromatic N) is 2. The smallest absolute Gasteiger partial charge is 0.325 e. The number of methoxy groups -OCH3 is 1. The summed E-state index contributed by atoms with van der Waals surface area (Å²) in [5.74, 6) is -5.13. The summed E-state index contributed by atoms with van der Waals surface area (Å²) in [7, 11) is 1.30. The number of halogens is 3. The van der Waals surface area contributed by atoms with E-state index in [0.29, 0.717) is 38.8 Å².